The van der Waals surface area contributed by atoms with E-state index in [0.717, 1.165) is 28.1 Å². The van der Waals surface area contributed by atoms with E-state index in [4.69, 9.17) is 11.6 Å². The number of hydrogen-bond donors (Lipinski definition) is 2. The number of carbonyl (C=O) groups is 1. The number of rotatable bonds is 6. The molecule has 4 rings (SSSR count). The van der Waals surface area contributed by atoms with Gasteiger partial charge in [0, 0.05) is 17.3 Å². The van der Waals surface area contributed by atoms with E-state index in [0.29, 0.717) is 16.4 Å². The third-order valence-electron chi connectivity index (χ3n) is 5.78. The van der Waals surface area contributed by atoms with Gasteiger partial charge >= 0.3 is 6.09 Å². The Kier molecular flexibility index (Phi) is 6.70. The lowest BCUT2D eigenvalue weighted by Gasteiger charge is -2.24. The number of halogens is 1. The summed E-state index contributed by atoms with van der Waals surface area (Å²) >= 11 is 6.46. The molecule has 6 nitrogen and oxygen atoms in total. The van der Waals surface area contributed by atoms with Crippen LogP contribution < -0.4 is 4.90 Å². The fraction of sp³-hybridized carbons (Fsp3) is 0.214. The predicted molar refractivity (Wildman–Crippen MR) is 140 cm³/mol. The molecule has 0 fully saturated rings. The zero-order chi connectivity index (χ0) is 25.3. The second-order valence-corrected chi connectivity index (χ2v) is 9.62. The third kappa shape index (κ3) is 5.09. The van der Waals surface area contributed by atoms with Crippen LogP contribution in [0.15, 0.2) is 78.9 Å². The van der Waals surface area contributed by atoms with Crippen molar-refractivity contribution in [1.82, 2.24) is 9.78 Å². The highest BCUT2D eigenvalue weighted by Gasteiger charge is 2.24. The minimum atomic E-state index is -1.12. The number of nitrogens with zero attached hydrogens (tertiary/aromatic N) is 3. The first-order chi connectivity index (χ1) is 16.6. The largest absolute Gasteiger partial charge is 0.465 e. The molecule has 0 radical (unpaired) electrons. The SMILES string of the molecule is CC(C)N(C(=O)O)c1cccc(-c2ccc(-c3cc(C(C)(C)O)nn3-c3ccccc3Cl)cc2)c1. The van der Waals surface area contributed by atoms with Crippen molar-refractivity contribution in [1.29, 1.82) is 0 Å². The van der Waals surface area contributed by atoms with Crippen molar-refractivity contribution in [3.63, 3.8) is 0 Å². The van der Waals surface area contributed by atoms with Crippen molar-refractivity contribution < 1.29 is 15.0 Å². The zero-order valence-corrected chi connectivity index (χ0v) is 20.9. The number of para-hydroxylation sites is 1. The fourth-order valence-electron chi connectivity index (χ4n) is 3.99. The lowest BCUT2D eigenvalue weighted by Crippen LogP contribution is -2.35. The van der Waals surface area contributed by atoms with Gasteiger partial charge in [0.15, 0.2) is 0 Å². The zero-order valence-electron chi connectivity index (χ0n) is 20.1. The summed E-state index contributed by atoms with van der Waals surface area (Å²) in [7, 11) is 0. The molecule has 35 heavy (non-hydrogen) atoms. The first kappa shape index (κ1) is 24.5. The number of benzene rings is 3. The van der Waals surface area contributed by atoms with E-state index in [2.05, 4.69) is 5.10 Å². The Labute approximate surface area is 210 Å². The summed E-state index contributed by atoms with van der Waals surface area (Å²) in [5.74, 6) is 0. The van der Waals surface area contributed by atoms with Crippen LogP contribution in [-0.4, -0.2) is 32.1 Å². The van der Waals surface area contributed by atoms with E-state index < -0.39 is 11.7 Å². The van der Waals surface area contributed by atoms with Crippen molar-refractivity contribution in [3.05, 3.63) is 89.6 Å². The Morgan fingerprint density at radius 2 is 1.60 bits per heavy atom. The van der Waals surface area contributed by atoms with Crippen molar-refractivity contribution in [2.45, 2.75) is 39.3 Å². The van der Waals surface area contributed by atoms with Crippen LogP contribution in [-0.2, 0) is 5.60 Å². The molecule has 0 aliphatic heterocycles. The molecule has 0 aliphatic carbocycles. The lowest BCUT2D eigenvalue weighted by atomic mass is 10.0. The first-order valence-corrected chi connectivity index (χ1v) is 11.7. The number of aliphatic hydroxyl groups is 1. The smallest absolute Gasteiger partial charge is 0.412 e. The van der Waals surface area contributed by atoms with E-state index in [1.807, 2.05) is 80.6 Å². The molecule has 4 aromatic rings. The Morgan fingerprint density at radius 3 is 2.20 bits per heavy atom. The average molecular weight is 490 g/mol. The van der Waals surface area contributed by atoms with Crippen LogP contribution in [0.5, 0.6) is 0 Å². The van der Waals surface area contributed by atoms with Crippen LogP contribution in [0.25, 0.3) is 28.1 Å². The van der Waals surface area contributed by atoms with Gasteiger partial charge in [-0.15, -0.1) is 0 Å². The van der Waals surface area contributed by atoms with Crippen LogP contribution in [0.3, 0.4) is 0 Å². The molecule has 1 heterocycles. The summed E-state index contributed by atoms with van der Waals surface area (Å²) in [5.41, 5.74) is 4.34. The minimum absolute atomic E-state index is 0.180. The Balaban J connectivity index is 1.75. The fourth-order valence-corrected chi connectivity index (χ4v) is 4.21. The van der Waals surface area contributed by atoms with E-state index in [9.17, 15) is 15.0 Å². The normalized spacial score (nSPS) is 11.6. The Morgan fingerprint density at radius 1 is 0.943 bits per heavy atom. The number of carboxylic acid groups (broad SMARTS) is 1. The van der Waals surface area contributed by atoms with Gasteiger partial charge < -0.3 is 10.2 Å². The molecular weight excluding hydrogens is 462 g/mol. The lowest BCUT2D eigenvalue weighted by molar-refractivity contribution is 0.0734. The Bertz CT molecular complexity index is 1350. The van der Waals surface area contributed by atoms with E-state index in [1.54, 1.807) is 30.7 Å². The first-order valence-electron chi connectivity index (χ1n) is 11.4. The third-order valence-corrected chi connectivity index (χ3v) is 6.10. The van der Waals surface area contributed by atoms with Gasteiger partial charge in [0.25, 0.3) is 0 Å². The maximum atomic E-state index is 11.7. The Hall–Kier alpha value is -3.61. The molecule has 2 N–H and O–H groups in total. The number of hydrogen-bond acceptors (Lipinski definition) is 3. The topological polar surface area (TPSA) is 78.6 Å². The molecule has 0 unspecified atom stereocenters. The highest BCUT2D eigenvalue weighted by atomic mass is 35.5. The molecule has 0 saturated heterocycles. The van der Waals surface area contributed by atoms with Crippen LogP contribution in [0.4, 0.5) is 10.5 Å². The molecule has 0 spiro atoms. The predicted octanol–water partition coefficient (Wildman–Crippen LogP) is 6.98. The van der Waals surface area contributed by atoms with Crippen molar-refractivity contribution >= 4 is 23.4 Å². The monoisotopic (exact) mass is 489 g/mol. The maximum Gasteiger partial charge on any atom is 0.412 e. The van der Waals surface area contributed by atoms with Crippen molar-refractivity contribution in [2.24, 2.45) is 0 Å². The van der Waals surface area contributed by atoms with Gasteiger partial charge in [-0.1, -0.05) is 60.1 Å². The number of aromatic nitrogens is 2. The number of anilines is 1. The summed E-state index contributed by atoms with van der Waals surface area (Å²) in [4.78, 5) is 13.1. The molecule has 0 aliphatic rings. The second kappa shape index (κ2) is 9.56. The average Bonchev–Trinajstić information content (AvgIpc) is 3.25. The van der Waals surface area contributed by atoms with Gasteiger partial charge in [-0.2, -0.15) is 5.10 Å². The molecule has 0 atom stereocenters. The van der Waals surface area contributed by atoms with E-state index >= 15 is 0 Å². The highest BCUT2D eigenvalue weighted by molar-refractivity contribution is 6.32. The molecule has 1 aromatic heterocycles. The quantitative estimate of drug-likeness (QED) is 0.306. The second-order valence-electron chi connectivity index (χ2n) is 9.21. The molecule has 0 bridgehead atoms. The van der Waals surface area contributed by atoms with Crippen molar-refractivity contribution in [3.8, 4) is 28.1 Å². The molecular formula is C28H28ClN3O3. The van der Waals surface area contributed by atoms with Crippen LogP contribution in [0.2, 0.25) is 5.02 Å². The summed E-state index contributed by atoms with van der Waals surface area (Å²) in [6.07, 6.45) is -0.983. The molecule has 3 aromatic carbocycles. The van der Waals surface area contributed by atoms with Gasteiger partial charge in [0.2, 0.25) is 0 Å². The van der Waals surface area contributed by atoms with Gasteiger partial charge in [0.1, 0.15) is 5.60 Å². The molecule has 180 valence electrons. The van der Waals surface area contributed by atoms with Crippen molar-refractivity contribution in [2.75, 3.05) is 4.90 Å². The van der Waals surface area contributed by atoms with Gasteiger partial charge in [-0.05, 0) is 69.2 Å². The molecule has 1 amide bonds. The molecule has 0 saturated carbocycles. The van der Waals surface area contributed by atoms with Gasteiger partial charge in [-0.3, -0.25) is 4.90 Å². The molecule has 7 heteroatoms. The summed E-state index contributed by atoms with van der Waals surface area (Å²) in [5, 5.41) is 25.4. The van der Waals surface area contributed by atoms with Gasteiger partial charge in [-0.25, -0.2) is 9.48 Å². The highest BCUT2D eigenvalue weighted by Crippen LogP contribution is 2.33. The van der Waals surface area contributed by atoms with E-state index in [1.165, 1.54) is 4.90 Å². The van der Waals surface area contributed by atoms with Gasteiger partial charge in [0.05, 0.1) is 22.1 Å². The summed E-state index contributed by atoms with van der Waals surface area (Å²) in [6.45, 7) is 7.09. The summed E-state index contributed by atoms with van der Waals surface area (Å²) < 4.78 is 1.75. The maximum absolute atomic E-state index is 11.7. The van der Waals surface area contributed by atoms with Crippen LogP contribution in [0.1, 0.15) is 33.4 Å². The summed E-state index contributed by atoms with van der Waals surface area (Å²) in [6, 6.07) is 24.6. The van der Waals surface area contributed by atoms with Crippen LogP contribution >= 0.6 is 11.6 Å². The number of amides is 1. The minimum Gasteiger partial charge on any atom is -0.465 e. The van der Waals surface area contributed by atoms with Crippen LogP contribution in [0, 0.1) is 0 Å². The van der Waals surface area contributed by atoms with E-state index in [-0.39, 0.29) is 6.04 Å². The standard InChI is InChI=1S/C28H28ClN3O3/c1-18(2)31(27(33)34)22-9-7-8-21(16-22)19-12-14-20(15-13-19)25-17-26(28(3,4)35)30-32(25)24-11-6-5-10-23(24)29/h5-18,35H,1-4H3,(H,33,34).